The van der Waals surface area contributed by atoms with Crippen molar-refractivity contribution in [2.45, 2.75) is 32.9 Å². The Kier molecular flexibility index (Phi) is 4.98. The first-order chi connectivity index (χ1) is 12.8. The van der Waals surface area contributed by atoms with Gasteiger partial charge in [0.25, 0.3) is 0 Å². The van der Waals surface area contributed by atoms with Crippen molar-refractivity contribution in [2.75, 3.05) is 5.32 Å². The highest BCUT2D eigenvalue weighted by atomic mass is 19.4. The van der Waals surface area contributed by atoms with Gasteiger partial charge < -0.3 is 9.84 Å². The number of aryl methyl sites for hydroxylation is 2. The molecule has 0 saturated heterocycles. The highest BCUT2D eigenvalue weighted by molar-refractivity contribution is 5.93. The van der Waals surface area contributed by atoms with Gasteiger partial charge in [0.1, 0.15) is 18.4 Å². The quantitative estimate of drug-likeness (QED) is 0.734. The lowest BCUT2D eigenvalue weighted by molar-refractivity contribution is -0.137. The van der Waals surface area contributed by atoms with Crippen molar-refractivity contribution in [1.82, 2.24) is 19.9 Å². The largest absolute Gasteiger partial charge is 0.416 e. The molecule has 0 bridgehead atoms. The molecule has 2 aromatic heterocycles. The van der Waals surface area contributed by atoms with Crippen LogP contribution in [0.5, 0.6) is 0 Å². The number of rotatable bonds is 5. The molecule has 0 unspecified atom stereocenters. The maximum atomic E-state index is 13.0. The average Bonchev–Trinajstić information content (AvgIpc) is 3.23. The molecular formula is C17H16F3N5O2. The molecule has 2 heterocycles. The van der Waals surface area contributed by atoms with Crippen LogP contribution in [0, 0.1) is 13.8 Å². The van der Waals surface area contributed by atoms with Gasteiger partial charge >= 0.3 is 6.18 Å². The first kappa shape index (κ1) is 18.6. The van der Waals surface area contributed by atoms with E-state index in [-0.39, 0.29) is 17.8 Å². The Bertz CT molecular complexity index is 929. The van der Waals surface area contributed by atoms with Gasteiger partial charge in [-0.3, -0.25) is 4.79 Å². The first-order valence-corrected chi connectivity index (χ1v) is 8.03. The van der Waals surface area contributed by atoms with Crippen molar-refractivity contribution in [3.8, 4) is 5.69 Å². The second kappa shape index (κ2) is 7.22. The minimum atomic E-state index is -4.53. The SMILES string of the molecule is Cc1noc(C)c1CCC(=O)Nc1cc(C(F)(F)F)ccc1-n1cncn1. The molecule has 0 spiro atoms. The van der Waals surface area contributed by atoms with E-state index < -0.39 is 17.6 Å². The summed E-state index contributed by atoms with van der Waals surface area (Å²) >= 11 is 0. The third kappa shape index (κ3) is 4.15. The molecule has 0 radical (unpaired) electrons. The number of nitrogens with one attached hydrogen (secondary N) is 1. The fourth-order valence-electron chi connectivity index (χ4n) is 2.65. The van der Waals surface area contributed by atoms with Crippen LogP contribution in [-0.2, 0) is 17.4 Å². The Morgan fingerprint density at radius 2 is 2.07 bits per heavy atom. The Labute approximate surface area is 152 Å². The number of anilines is 1. The Morgan fingerprint density at radius 1 is 1.30 bits per heavy atom. The molecule has 0 aliphatic carbocycles. The van der Waals surface area contributed by atoms with Gasteiger partial charge in [0, 0.05) is 12.0 Å². The summed E-state index contributed by atoms with van der Waals surface area (Å²) in [6.07, 6.45) is -1.51. The van der Waals surface area contributed by atoms with Gasteiger partial charge in [0.15, 0.2) is 0 Å². The third-order valence-corrected chi connectivity index (χ3v) is 4.05. The normalized spacial score (nSPS) is 11.6. The molecular weight excluding hydrogens is 363 g/mol. The number of hydrogen-bond acceptors (Lipinski definition) is 5. The molecule has 142 valence electrons. The third-order valence-electron chi connectivity index (χ3n) is 4.05. The zero-order valence-corrected chi connectivity index (χ0v) is 14.5. The fourth-order valence-corrected chi connectivity index (χ4v) is 2.65. The van der Waals surface area contributed by atoms with Crippen LogP contribution in [0.25, 0.3) is 5.69 Å². The van der Waals surface area contributed by atoms with Crippen molar-refractivity contribution in [3.05, 3.63) is 53.4 Å². The zero-order chi connectivity index (χ0) is 19.6. The molecule has 0 fully saturated rings. The number of alkyl halides is 3. The first-order valence-electron chi connectivity index (χ1n) is 8.03. The maximum absolute atomic E-state index is 13.0. The number of benzene rings is 1. The molecule has 0 aliphatic rings. The summed E-state index contributed by atoms with van der Waals surface area (Å²) in [6.45, 7) is 3.50. The molecule has 1 amide bonds. The van der Waals surface area contributed by atoms with E-state index in [2.05, 4.69) is 20.6 Å². The smallest absolute Gasteiger partial charge is 0.361 e. The summed E-state index contributed by atoms with van der Waals surface area (Å²) in [4.78, 5) is 16.1. The van der Waals surface area contributed by atoms with Gasteiger partial charge in [-0.15, -0.1) is 0 Å². The summed E-state index contributed by atoms with van der Waals surface area (Å²) in [7, 11) is 0. The summed E-state index contributed by atoms with van der Waals surface area (Å²) in [5, 5.41) is 10.3. The van der Waals surface area contributed by atoms with Crippen LogP contribution in [0.3, 0.4) is 0 Å². The minimum absolute atomic E-state index is 0.000845. The molecule has 0 saturated carbocycles. The highest BCUT2D eigenvalue weighted by Gasteiger charge is 2.31. The van der Waals surface area contributed by atoms with Gasteiger partial charge in [-0.05, 0) is 38.5 Å². The van der Waals surface area contributed by atoms with Gasteiger partial charge in [0.2, 0.25) is 5.91 Å². The number of carbonyl (C=O) groups is 1. The van der Waals surface area contributed by atoms with Crippen molar-refractivity contribution in [3.63, 3.8) is 0 Å². The molecule has 3 aromatic rings. The van der Waals surface area contributed by atoms with E-state index in [0.29, 0.717) is 17.9 Å². The maximum Gasteiger partial charge on any atom is 0.416 e. The van der Waals surface area contributed by atoms with E-state index in [1.165, 1.54) is 23.4 Å². The molecule has 1 N–H and O–H groups in total. The summed E-state index contributed by atoms with van der Waals surface area (Å²) in [6, 6.07) is 3.04. The summed E-state index contributed by atoms with van der Waals surface area (Å²) in [5.74, 6) is 0.179. The molecule has 0 atom stereocenters. The predicted molar refractivity (Wildman–Crippen MR) is 89.3 cm³/mol. The van der Waals surface area contributed by atoms with Gasteiger partial charge in [0.05, 0.1) is 22.6 Å². The second-order valence-corrected chi connectivity index (χ2v) is 5.92. The van der Waals surface area contributed by atoms with Crippen LogP contribution in [0.4, 0.5) is 18.9 Å². The van der Waals surface area contributed by atoms with Gasteiger partial charge in [-0.2, -0.15) is 18.3 Å². The lowest BCUT2D eigenvalue weighted by atomic mass is 10.1. The van der Waals surface area contributed by atoms with Crippen molar-refractivity contribution in [1.29, 1.82) is 0 Å². The minimum Gasteiger partial charge on any atom is -0.361 e. The van der Waals surface area contributed by atoms with E-state index in [0.717, 1.165) is 17.7 Å². The fraction of sp³-hybridized carbons (Fsp3) is 0.294. The van der Waals surface area contributed by atoms with Crippen LogP contribution in [0.2, 0.25) is 0 Å². The lowest BCUT2D eigenvalue weighted by Gasteiger charge is -2.14. The Balaban J connectivity index is 1.82. The number of hydrogen-bond donors (Lipinski definition) is 1. The van der Waals surface area contributed by atoms with E-state index in [1.54, 1.807) is 13.8 Å². The molecule has 7 nitrogen and oxygen atoms in total. The number of carbonyl (C=O) groups excluding carboxylic acids is 1. The van der Waals surface area contributed by atoms with Crippen molar-refractivity contribution < 1.29 is 22.5 Å². The van der Waals surface area contributed by atoms with Gasteiger partial charge in [-0.25, -0.2) is 9.67 Å². The molecule has 10 heteroatoms. The van der Waals surface area contributed by atoms with E-state index >= 15 is 0 Å². The number of amides is 1. The molecule has 1 aromatic carbocycles. The van der Waals surface area contributed by atoms with Crippen LogP contribution in [0.15, 0.2) is 35.4 Å². The summed E-state index contributed by atoms with van der Waals surface area (Å²) < 4.78 is 45.4. The van der Waals surface area contributed by atoms with Crippen LogP contribution >= 0.6 is 0 Å². The van der Waals surface area contributed by atoms with Crippen molar-refractivity contribution in [2.24, 2.45) is 0 Å². The van der Waals surface area contributed by atoms with Gasteiger partial charge in [-0.1, -0.05) is 5.16 Å². The van der Waals surface area contributed by atoms with Crippen molar-refractivity contribution >= 4 is 11.6 Å². The molecule has 0 aliphatic heterocycles. The number of halogens is 3. The Hall–Kier alpha value is -3.17. The number of nitrogens with zero attached hydrogens (tertiary/aromatic N) is 4. The topological polar surface area (TPSA) is 85.8 Å². The van der Waals surface area contributed by atoms with Crippen LogP contribution in [-0.4, -0.2) is 25.8 Å². The lowest BCUT2D eigenvalue weighted by Crippen LogP contribution is -2.16. The molecule has 3 rings (SSSR count). The second-order valence-electron chi connectivity index (χ2n) is 5.92. The monoisotopic (exact) mass is 379 g/mol. The Morgan fingerprint density at radius 3 is 2.67 bits per heavy atom. The average molecular weight is 379 g/mol. The standard InChI is InChI=1S/C17H16F3N5O2/c1-10-13(11(2)27-24-10)4-6-16(26)23-14-7-12(17(18,19)20)3-5-15(14)25-9-21-8-22-25/h3,5,7-9H,4,6H2,1-2H3,(H,23,26). The zero-order valence-electron chi connectivity index (χ0n) is 14.5. The highest BCUT2D eigenvalue weighted by Crippen LogP contribution is 2.33. The van der Waals surface area contributed by atoms with Crippen LogP contribution < -0.4 is 5.32 Å². The summed E-state index contributed by atoms with van der Waals surface area (Å²) in [5.41, 5.74) is 0.908. The number of aromatic nitrogens is 4. The van der Waals surface area contributed by atoms with E-state index in [4.69, 9.17) is 4.52 Å². The van der Waals surface area contributed by atoms with E-state index in [1.807, 2.05) is 0 Å². The predicted octanol–water partition coefficient (Wildman–Crippen LogP) is 3.46. The van der Waals surface area contributed by atoms with Crippen LogP contribution in [0.1, 0.15) is 29.0 Å². The van der Waals surface area contributed by atoms with E-state index in [9.17, 15) is 18.0 Å². The molecule has 27 heavy (non-hydrogen) atoms.